The molecule has 2 aliphatic rings. The summed E-state index contributed by atoms with van der Waals surface area (Å²) in [5, 5.41) is 12.2. The lowest BCUT2D eigenvalue weighted by Crippen LogP contribution is -2.54. The van der Waals surface area contributed by atoms with Crippen LogP contribution in [0.15, 0.2) is 82.4 Å². The third-order valence-corrected chi connectivity index (χ3v) is 7.02. The topological polar surface area (TPSA) is 181 Å². The largest absolute Gasteiger partial charge is 0.416 e. The van der Waals surface area contributed by atoms with Gasteiger partial charge in [0.25, 0.3) is 5.91 Å². The van der Waals surface area contributed by atoms with Crippen molar-refractivity contribution in [3.05, 3.63) is 89.2 Å². The van der Waals surface area contributed by atoms with Crippen molar-refractivity contribution in [2.75, 3.05) is 45.2 Å². The molecule has 2 aromatic rings. The van der Waals surface area contributed by atoms with Gasteiger partial charge >= 0.3 is 6.18 Å². The number of aliphatic hydroxyl groups is 1. The fourth-order valence-electron chi connectivity index (χ4n) is 4.77. The van der Waals surface area contributed by atoms with Crippen molar-refractivity contribution < 1.29 is 27.8 Å². The second-order valence-corrected chi connectivity index (χ2v) is 10.0. The highest BCUT2D eigenvalue weighted by Crippen LogP contribution is 2.30. The SMILES string of the molecule is CN=CC(=CN)CN1C[C@H](CN2C=CN=C(N)/C2=C(/N)c2ccc(C(=O)Nc3cc(C(F)(F)F)ccn3)cc2)OC[C@@H]1CO. The van der Waals surface area contributed by atoms with Crippen molar-refractivity contribution in [2.45, 2.75) is 18.3 Å². The number of hydrogen-bond acceptors (Lipinski definition) is 11. The molecule has 0 unspecified atom stereocenters. The van der Waals surface area contributed by atoms with Gasteiger partial charge in [0.2, 0.25) is 0 Å². The number of aliphatic hydroxyl groups excluding tert-OH is 1. The Morgan fingerprint density at radius 2 is 1.98 bits per heavy atom. The Labute approximate surface area is 252 Å². The number of rotatable bonds is 9. The van der Waals surface area contributed by atoms with Crippen LogP contribution in [0.25, 0.3) is 5.70 Å². The first kappa shape index (κ1) is 32.2. The Bertz CT molecular complexity index is 1490. The summed E-state index contributed by atoms with van der Waals surface area (Å²) in [5.41, 5.74) is 19.9. The summed E-state index contributed by atoms with van der Waals surface area (Å²) in [6.45, 7) is 1.55. The quantitative estimate of drug-likeness (QED) is 0.263. The van der Waals surface area contributed by atoms with Gasteiger partial charge in [0, 0.05) is 50.5 Å². The number of anilines is 1. The maximum Gasteiger partial charge on any atom is 0.416 e. The van der Waals surface area contributed by atoms with Crippen LogP contribution < -0.4 is 22.5 Å². The molecule has 1 aromatic carbocycles. The van der Waals surface area contributed by atoms with E-state index in [2.05, 4.69) is 25.2 Å². The number of aliphatic imine (C=N–C) groups is 2. The number of carbonyl (C=O) groups excluding carboxylic acids is 1. The Morgan fingerprint density at radius 1 is 1.25 bits per heavy atom. The van der Waals surface area contributed by atoms with Crippen LogP contribution >= 0.6 is 0 Å². The molecule has 234 valence electrons. The van der Waals surface area contributed by atoms with E-state index in [9.17, 15) is 23.1 Å². The fraction of sp³-hybridized carbons (Fsp3) is 0.310. The summed E-state index contributed by atoms with van der Waals surface area (Å²) >= 11 is 0. The first-order chi connectivity index (χ1) is 21.0. The minimum absolute atomic E-state index is 0.0837. The van der Waals surface area contributed by atoms with Crippen LogP contribution in [-0.4, -0.2) is 89.9 Å². The number of aromatic nitrogens is 1. The molecule has 15 heteroatoms. The third kappa shape index (κ3) is 7.80. The van der Waals surface area contributed by atoms with Gasteiger partial charge in [-0.3, -0.25) is 14.7 Å². The zero-order valence-corrected chi connectivity index (χ0v) is 23.9. The van der Waals surface area contributed by atoms with Crippen LogP contribution in [0.2, 0.25) is 0 Å². The highest BCUT2D eigenvalue weighted by atomic mass is 19.4. The molecule has 0 saturated carbocycles. The summed E-state index contributed by atoms with van der Waals surface area (Å²) < 4.78 is 45.1. The van der Waals surface area contributed by atoms with E-state index in [0.29, 0.717) is 37.5 Å². The van der Waals surface area contributed by atoms with Gasteiger partial charge in [-0.05, 0) is 41.6 Å². The maximum atomic E-state index is 13.0. The van der Waals surface area contributed by atoms with Crippen molar-refractivity contribution in [2.24, 2.45) is 27.2 Å². The molecule has 4 rings (SSSR count). The lowest BCUT2D eigenvalue weighted by molar-refractivity contribution is -0.137. The van der Waals surface area contributed by atoms with Gasteiger partial charge in [0.15, 0.2) is 0 Å². The number of amidine groups is 1. The van der Waals surface area contributed by atoms with Gasteiger partial charge in [0.1, 0.15) is 17.4 Å². The van der Waals surface area contributed by atoms with E-state index in [4.69, 9.17) is 21.9 Å². The number of ether oxygens (including phenoxy) is 1. The zero-order chi connectivity index (χ0) is 31.9. The van der Waals surface area contributed by atoms with Crippen LogP contribution in [0.4, 0.5) is 19.0 Å². The number of amides is 1. The van der Waals surface area contributed by atoms with Crippen molar-refractivity contribution in [1.29, 1.82) is 0 Å². The summed E-state index contributed by atoms with van der Waals surface area (Å²) in [5.74, 6) is -0.696. The van der Waals surface area contributed by atoms with Gasteiger partial charge in [-0.2, -0.15) is 13.2 Å². The van der Waals surface area contributed by atoms with Crippen LogP contribution in [0.1, 0.15) is 21.5 Å². The van der Waals surface area contributed by atoms with Gasteiger partial charge in [0.05, 0.1) is 43.2 Å². The van der Waals surface area contributed by atoms with Gasteiger partial charge < -0.3 is 37.3 Å². The molecular weight excluding hydrogens is 579 g/mol. The van der Waals surface area contributed by atoms with E-state index >= 15 is 0 Å². The minimum atomic E-state index is -4.57. The number of hydrogen-bond donors (Lipinski definition) is 5. The molecular formula is C29H34F3N9O3. The van der Waals surface area contributed by atoms with Crippen molar-refractivity contribution >= 4 is 29.5 Å². The minimum Gasteiger partial charge on any atom is -0.404 e. The average molecular weight is 614 g/mol. The van der Waals surface area contributed by atoms with Gasteiger partial charge in [-0.1, -0.05) is 12.1 Å². The van der Waals surface area contributed by atoms with E-state index < -0.39 is 17.6 Å². The molecule has 2 atom stereocenters. The third-order valence-electron chi connectivity index (χ3n) is 7.02. The number of benzene rings is 1. The van der Waals surface area contributed by atoms with E-state index in [1.807, 2.05) is 4.90 Å². The van der Waals surface area contributed by atoms with Crippen LogP contribution in [0.5, 0.6) is 0 Å². The Morgan fingerprint density at radius 3 is 2.64 bits per heavy atom. The molecule has 0 aliphatic carbocycles. The number of nitrogens with one attached hydrogen (secondary N) is 1. The molecule has 1 aromatic heterocycles. The second kappa shape index (κ2) is 14.2. The van der Waals surface area contributed by atoms with Gasteiger partial charge in [-0.15, -0.1) is 0 Å². The van der Waals surface area contributed by atoms with E-state index in [1.54, 1.807) is 37.8 Å². The molecule has 1 amide bonds. The van der Waals surface area contributed by atoms with E-state index in [-0.39, 0.29) is 41.7 Å². The summed E-state index contributed by atoms with van der Waals surface area (Å²) in [6.07, 6.45) is 2.54. The molecule has 44 heavy (non-hydrogen) atoms. The second-order valence-electron chi connectivity index (χ2n) is 10.0. The molecule has 0 spiro atoms. The summed E-state index contributed by atoms with van der Waals surface area (Å²) in [7, 11) is 1.66. The maximum absolute atomic E-state index is 13.0. The number of halogens is 3. The monoisotopic (exact) mass is 613 g/mol. The smallest absolute Gasteiger partial charge is 0.404 e. The highest BCUT2D eigenvalue weighted by Gasteiger charge is 2.32. The molecule has 0 radical (unpaired) electrons. The number of alkyl halides is 3. The lowest BCUT2D eigenvalue weighted by Gasteiger charge is -2.41. The molecule has 12 nitrogen and oxygen atoms in total. The molecule has 1 fully saturated rings. The number of carbonyl (C=O) groups is 1. The number of nitrogens with two attached hydrogens (primary N) is 3. The average Bonchev–Trinajstić information content (AvgIpc) is 3.00. The van der Waals surface area contributed by atoms with E-state index in [0.717, 1.165) is 23.9 Å². The molecule has 1 saturated heterocycles. The predicted molar refractivity (Wildman–Crippen MR) is 161 cm³/mol. The number of morpholine rings is 1. The van der Waals surface area contributed by atoms with Crippen LogP contribution in [-0.2, 0) is 10.9 Å². The first-order valence-electron chi connectivity index (χ1n) is 13.5. The van der Waals surface area contributed by atoms with Crippen molar-refractivity contribution in [1.82, 2.24) is 14.8 Å². The Hall–Kier alpha value is -4.73. The fourth-order valence-corrected chi connectivity index (χ4v) is 4.77. The van der Waals surface area contributed by atoms with Gasteiger partial charge in [-0.25, -0.2) is 9.98 Å². The van der Waals surface area contributed by atoms with Crippen LogP contribution in [0.3, 0.4) is 0 Å². The Balaban J connectivity index is 1.49. The Kier molecular flexibility index (Phi) is 10.4. The van der Waals surface area contributed by atoms with Crippen molar-refractivity contribution in [3.63, 3.8) is 0 Å². The standard InChI is InChI=1S/C29H34F3N9O3/c1-36-12-18(11-33)13-41-15-23(44-17-22(41)16-42)14-40-9-8-38-27(35)26(40)25(34)19-2-4-20(5-3-19)28(43)39-24-10-21(6-7-37-24)29(30,31)32/h2-12,22-23,42H,13-17,33-34H2,1H3,(H2,35,38)(H,37,39,43)/b18-11?,26-25-,36-12?/t22-,23-/m0/s1. The summed E-state index contributed by atoms with van der Waals surface area (Å²) in [4.78, 5) is 28.6. The number of pyridine rings is 1. The normalized spacial score (nSPS) is 21.0. The first-order valence-corrected chi connectivity index (χ1v) is 13.5. The number of nitrogens with zero attached hydrogens (tertiary/aromatic N) is 5. The predicted octanol–water partition coefficient (Wildman–Crippen LogP) is 1.73. The summed E-state index contributed by atoms with van der Waals surface area (Å²) in [6, 6.07) is 7.54. The van der Waals surface area contributed by atoms with E-state index in [1.165, 1.54) is 18.3 Å². The van der Waals surface area contributed by atoms with Crippen molar-refractivity contribution in [3.8, 4) is 0 Å². The zero-order valence-electron chi connectivity index (χ0n) is 23.9. The molecule has 3 heterocycles. The highest BCUT2D eigenvalue weighted by molar-refractivity contribution is 6.05. The lowest BCUT2D eigenvalue weighted by atomic mass is 10.1. The van der Waals surface area contributed by atoms with Crippen LogP contribution in [0, 0.1) is 0 Å². The molecule has 2 aliphatic heterocycles. The molecule has 0 bridgehead atoms. The molecule has 8 N–H and O–H groups in total.